The van der Waals surface area contributed by atoms with Gasteiger partial charge < -0.3 is 10.4 Å². The predicted octanol–water partition coefficient (Wildman–Crippen LogP) is 1.66. The molecule has 17 heavy (non-hydrogen) atoms. The van der Waals surface area contributed by atoms with Crippen LogP contribution in [0.2, 0.25) is 0 Å². The smallest absolute Gasteiger partial charge is 0.178 e. The van der Waals surface area contributed by atoms with Gasteiger partial charge in [-0.1, -0.05) is 13.8 Å². The summed E-state index contributed by atoms with van der Waals surface area (Å²) >= 11 is 0. The van der Waals surface area contributed by atoms with Crippen LogP contribution in [0.1, 0.15) is 20.3 Å². The van der Waals surface area contributed by atoms with Crippen molar-refractivity contribution in [3.8, 4) is 0 Å². The first kappa shape index (κ1) is 14.0. The largest absolute Gasteiger partial charge is 0.391 e. The standard InChI is InChI=1S/C12H19NO3S/c1-3-11(14)9-13-10-5-7-12(8-6-10)17(15,16)4-2/h5-8,11,13-14H,3-4,9H2,1-2H3. The Hall–Kier alpha value is -1.07. The summed E-state index contributed by atoms with van der Waals surface area (Å²) in [6.07, 6.45) is 0.309. The van der Waals surface area contributed by atoms with Crippen molar-refractivity contribution in [1.29, 1.82) is 0 Å². The van der Waals surface area contributed by atoms with E-state index in [1.807, 2.05) is 6.92 Å². The molecule has 96 valence electrons. The Bertz CT molecular complexity index is 439. The minimum Gasteiger partial charge on any atom is -0.391 e. The van der Waals surface area contributed by atoms with Gasteiger partial charge >= 0.3 is 0 Å². The van der Waals surface area contributed by atoms with Gasteiger partial charge in [0.05, 0.1) is 16.8 Å². The Morgan fingerprint density at radius 2 is 1.82 bits per heavy atom. The number of benzene rings is 1. The lowest BCUT2D eigenvalue weighted by molar-refractivity contribution is 0.183. The number of sulfone groups is 1. The van der Waals surface area contributed by atoms with E-state index in [0.717, 1.165) is 5.69 Å². The molecule has 0 aliphatic carbocycles. The van der Waals surface area contributed by atoms with Gasteiger partial charge in [-0.3, -0.25) is 0 Å². The van der Waals surface area contributed by atoms with Gasteiger partial charge in [-0.25, -0.2) is 8.42 Å². The number of hydrogen-bond donors (Lipinski definition) is 2. The van der Waals surface area contributed by atoms with Crippen LogP contribution < -0.4 is 5.32 Å². The monoisotopic (exact) mass is 257 g/mol. The zero-order valence-electron chi connectivity index (χ0n) is 10.2. The summed E-state index contributed by atoms with van der Waals surface area (Å²) < 4.78 is 23.1. The number of nitrogens with one attached hydrogen (secondary N) is 1. The highest BCUT2D eigenvalue weighted by Gasteiger charge is 2.10. The fraction of sp³-hybridized carbons (Fsp3) is 0.500. The van der Waals surface area contributed by atoms with Crippen molar-refractivity contribution in [1.82, 2.24) is 0 Å². The lowest BCUT2D eigenvalue weighted by Gasteiger charge is -2.11. The summed E-state index contributed by atoms with van der Waals surface area (Å²) in [4.78, 5) is 0.335. The van der Waals surface area contributed by atoms with Gasteiger partial charge in [-0.15, -0.1) is 0 Å². The molecule has 2 N–H and O–H groups in total. The lowest BCUT2D eigenvalue weighted by Crippen LogP contribution is -2.18. The normalized spacial score (nSPS) is 13.4. The first-order valence-electron chi connectivity index (χ1n) is 5.74. The van der Waals surface area contributed by atoms with Crippen LogP contribution in [-0.2, 0) is 9.84 Å². The van der Waals surface area contributed by atoms with Gasteiger partial charge in [0.25, 0.3) is 0 Å². The minimum absolute atomic E-state index is 0.105. The average Bonchev–Trinajstić information content (AvgIpc) is 2.36. The molecular formula is C12H19NO3S. The molecule has 0 spiro atoms. The Labute approximate surface area is 103 Å². The summed E-state index contributed by atoms with van der Waals surface area (Å²) in [5.74, 6) is 0.105. The van der Waals surface area contributed by atoms with Gasteiger partial charge in [-0.2, -0.15) is 0 Å². The molecule has 0 radical (unpaired) electrons. The van der Waals surface area contributed by atoms with E-state index in [4.69, 9.17) is 0 Å². The van der Waals surface area contributed by atoms with E-state index in [9.17, 15) is 13.5 Å². The van der Waals surface area contributed by atoms with E-state index in [1.165, 1.54) is 0 Å². The fourth-order valence-electron chi connectivity index (χ4n) is 1.33. The highest BCUT2D eigenvalue weighted by atomic mass is 32.2. The van der Waals surface area contributed by atoms with Crippen LogP contribution in [0.25, 0.3) is 0 Å². The quantitative estimate of drug-likeness (QED) is 0.813. The van der Waals surface area contributed by atoms with Crippen LogP contribution in [-0.4, -0.2) is 31.9 Å². The summed E-state index contributed by atoms with van der Waals surface area (Å²) in [5, 5.41) is 12.4. The second kappa shape index (κ2) is 6.02. The molecule has 4 nitrogen and oxygen atoms in total. The molecule has 1 aromatic rings. The van der Waals surface area contributed by atoms with E-state index >= 15 is 0 Å². The molecule has 0 saturated heterocycles. The van der Waals surface area contributed by atoms with Crippen molar-refractivity contribution in [3.05, 3.63) is 24.3 Å². The van der Waals surface area contributed by atoms with Crippen molar-refractivity contribution in [2.45, 2.75) is 31.3 Å². The molecule has 0 aliphatic rings. The molecule has 0 heterocycles. The van der Waals surface area contributed by atoms with Crippen molar-refractivity contribution >= 4 is 15.5 Å². The lowest BCUT2D eigenvalue weighted by atomic mass is 10.2. The van der Waals surface area contributed by atoms with Gasteiger partial charge in [-0.05, 0) is 30.7 Å². The number of rotatable bonds is 6. The zero-order valence-corrected chi connectivity index (χ0v) is 11.0. The average molecular weight is 257 g/mol. The third-order valence-electron chi connectivity index (χ3n) is 2.61. The Balaban J connectivity index is 2.69. The van der Waals surface area contributed by atoms with Crippen molar-refractivity contribution < 1.29 is 13.5 Å². The van der Waals surface area contributed by atoms with Crippen molar-refractivity contribution in [2.24, 2.45) is 0 Å². The first-order chi connectivity index (χ1) is 7.99. The first-order valence-corrected chi connectivity index (χ1v) is 7.39. The zero-order chi connectivity index (χ0) is 12.9. The molecule has 1 atom stereocenters. The van der Waals surface area contributed by atoms with Crippen LogP contribution >= 0.6 is 0 Å². The molecule has 0 aliphatic heterocycles. The number of aliphatic hydroxyl groups excluding tert-OH is 1. The van der Waals surface area contributed by atoms with E-state index in [2.05, 4.69) is 5.32 Å². The molecule has 0 aromatic heterocycles. The Morgan fingerprint density at radius 3 is 2.29 bits per heavy atom. The molecule has 1 unspecified atom stereocenters. The summed E-state index contributed by atoms with van der Waals surface area (Å²) in [7, 11) is -3.13. The molecule has 1 rings (SSSR count). The maximum atomic E-state index is 11.6. The Kier molecular flexibility index (Phi) is 4.96. The second-order valence-electron chi connectivity index (χ2n) is 3.87. The van der Waals surface area contributed by atoms with Gasteiger partial charge in [0, 0.05) is 12.2 Å². The van der Waals surface area contributed by atoms with Crippen LogP contribution in [0.15, 0.2) is 29.2 Å². The Morgan fingerprint density at radius 1 is 1.24 bits per heavy atom. The summed E-state index contributed by atoms with van der Waals surface area (Å²) in [6, 6.07) is 6.59. The van der Waals surface area contributed by atoms with Gasteiger partial charge in [0.1, 0.15) is 0 Å². The van der Waals surface area contributed by atoms with E-state index in [1.54, 1.807) is 31.2 Å². The SMILES string of the molecule is CCC(O)CNc1ccc(S(=O)(=O)CC)cc1. The van der Waals surface area contributed by atoms with E-state index < -0.39 is 9.84 Å². The third kappa shape index (κ3) is 4.02. The topological polar surface area (TPSA) is 66.4 Å². The highest BCUT2D eigenvalue weighted by Crippen LogP contribution is 2.15. The number of hydrogen-bond acceptors (Lipinski definition) is 4. The van der Waals surface area contributed by atoms with Crippen LogP contribution in [0.5, 0.6) is 0 Å². The maximum absolute atomic E-state index is 11.6. The van der Waals surface area contributed by atoms with Gasteiger partial charge in [0.2, 0.25) is 0 Å². The molecule has 0 amide bonds. The third-order valence-corrected chi connectivity index (χ3v) is 4.36. The second-order valence-corrected chi connectivity index (χ2v) is 6.15. The maximum Gasteiger partial charge on any atom is 0.178 e. The predicted molar refractivity (Wildman–Crippen MR) is 69.0 cm³/mol. The van der Waals surface area contributed by atoms with Crippen LogP contribution in [0, 0.1) is 0 Å². The molecule has 5 heteroatoms. The van der Waals surface area contributed by atoms with Crippen molar-refractivity contribution in [2.75, 3.05) is 17.6 Å². The molecule has 1 aromatic carbocycles. The summed E-state index contributed by atoms with van der Waals surface area (Å²) in [5.41, 5.74) is 0.813. The fourth-order valence-corrected chi connectivity index (χ4v) is 2.21. The molecule has 0 fully saturated rings. The van der Waals surface area contributed by atoms with Crippen LogP contribution in [0.4, 0.5) is 5.69 Å². The van der Waals surface area contributed by atoms with E-state index in [-0.39, 0.29) is 11.9 Å². The van der Waals surface area contributed by atoms with Crippen LogP contribution in [0.3, 0.4) is 0 Å². The highest BCUT2D eigenvalue weighted by molar-refractivity contribution is 7.91. The minimum atomic E-state index is -3.13. The molecule has 0 saturated carbocycles. The van der Waals surface area contributed by atoms with E-state index in [0.29, 0.717) is 17.9 Å². The number of anilines is 1. The molecular weight excluding hydrogens is 238 g/mol. The van der Waals surface area contributed by atoms with Gasteiger partial charge in [0.15, 0.2) is 9.84 Å². The van der Waals surface area contributed by atoms with Crippen molar-refractivity contribution in [3.63, 3.8) is 0 Å². The summed E-state index contributed by atoms with van der Waals surface area (Å²) in [6.45, 7) is 4.00. The molecule has 0 bridgehead atoms. The number of aliphatic hydroxyl groups is 1.